The van der Waals surface area contributed by atoms with E-state index in [-0.39, 0.29) is 19.4 Å². The molecule has 2 heterocycles. The van der Waals surface area contributed by atoms with Crippen LogP contribution in [0.25, 0.3) is 0 Å². The minimum absolute atomic E-state index is 0.0215. The van der Waals surface area contributed by atoms with Crippen LogP contribution in [-0.4, -0.2) is 67.8 Å². The zero-order valence-corrected chi connectivity index (χ0v) is 26.4. The number of thioether (sulfide) groups is 1. The number of nitrogens with two attached hydrogens (primary N) is 1. The molecule has 0 bridgehead atoms. The first-order chi connectivity index (χ1) is 21.5. The molecule has 0 radical (unpaired) electrons. The predicted octanol–water partition coefficient (Wildman–Crippen LogP) is 3.37. The number of ether oxygens (including phenoxy) is 1. The zero-order valence-electron chi connectivity index (χ0n) is 25.5. The van der Waals surface area contributed by atoms with Crippen LogP contribution >= 0.6 is 11.8 Å². The molecular formula is C35H41N3O6S. The molecular weight excluding hydrogens is 590 g/mol. The molecule has 6 atom stereocenters. The van der Waals surface area contributed by atoms with E-state index in [0.717, 1.165) is 11.1 Å². The molecule has 3 aromatic rings. The molecule has 9 nitrogen and oxygen atoms in total. The lowest BCUT2D eigenvalue weighted by Gasteiger charge is -2.34. The van der Waals surface area contributed by atoms with Crippen LogP contribution in [0.15, 0.2) is 84.9 Å². The minimum Gasteiger partial charge on any atom is -0.490 e. The maximum atomic E-state index is 14.1. The number of aliphatic hydroxyl groups is 2. The van der Waals surface area contributed by atoms with Crippen LogP contribution in [-0.2, 0) is 27.2 Å². The van der Waals surface area contributed by atoms with E-state index in [2.05, 4.69) is 5.32 Å². The Morgan fingerprint density at radius 2 is 1.62 bits per heavy atom. The summed E-state index contributed by atoms with van der Waals surface area (Å²) >= 11 is 1.50. The summed E-state index contributed by atoms with van der Waals surface area (Å²) in [5.41, 5.74) is 8.47. The third kappa shape index (κ3) is 7.52. The summed E-state index contributed by atoms with van der Waals surface area (Å²) < 4.78 is 4.96. The molecule has 0 saturated carbocycles. The Kier molecular flexibility index (Phi) is 10.2. The van der Waals surface area contributed by atoms with Gasteiger partial charge in [0.2, 0.25) is 11.8 Å². The van der Waals surface area contributed by atoms with Crippen molar-refractivity contribution in [3.63, 3.8) is 0 Å². The van der Waals surface area contributed by atoms with Crippen molar-refractivity contribution < 1.29 is 29.3 Å². The number of carbonyl (C=O) groups excluding carboxylic acids is 3. The van der Waals surface area contributed by atoms with Crippen molar-refractivity contribution in [2.75, 3.05) is 6.61 Å². The average molecular weight is 632 g/mol. The topological polar surface area (TPSA) is 142 Å². The van der Waals surface area contributed by atoms with Crippen LogP contribution < -0.4 is 15.8 Å². The number of aliphatic hydroxyl groups excluding tert-OH is 2. The normalized spacial score (nSPS) is 23.3. The maximum Gasteiger partial charge on any atom is 0.253 e. The highest BCUT2D eigenvalue weighted by Gasteiger charge is 2.53. The largest absolute Gasteiger partial charge is 0.490 e. The Balaban J connectivity index is 1.37. The standard InChI is InChI=1S/C35H41N3O6S/c1-35(2)31(32(36)41)38(29(45-35)18-17-22-11-5-3-6-12-22)34(43)26(39)20-24(19-23-13-7-4-8-14-23)33(42)37-30-25-15-9-10-16-28(25)44-21-27(30)40/h3-16,24,26-27,29-31,39-40H,17-21H2,1-2H3,(H2,36,41)(H,37,42)/t24-,26+,27-,29?,30+,31-/m1/s1. The van der Waals surface area contributed by atoms with Crippen LogP contribution in [0.3, 0.4) is 0 Å². The summed E-state index contributed by atoms with van der Waals surface area (Å²) in [5.74, 6) is -1.91. The molecule has 238 valence electrons. The van der Waals surface area contributed by atoms with Gasteiger partial charge in [0.15, 0.2) is 0 Å². The molecule has 45 heavy (non-hydrogen) atoms. The number of carbonyl (C=O) groups is 3. The number of amides is 3. The van der Waals surface area contributed by atoms with Crippen LogP contribution in [0.5, 0.6) is 5.75 Å². The first-order valence-electron chi connectivity index (χ1n) is 15.3. The molecule has 3 aromatic carbocycles. The Morgan fingerprint density at radius 3 is 2.29 bits per heavy atom. The highest BCUT2D eigenvalue weighted by molar-refractivity contribution is 8.01. The molecule has 0 aliphatic carbocycles. The summed E-state index contributed by atoms with van der Waals surface area (Å²) in [4.78, 5) is 42.1. The molecule has 1 fully saturated rings. The summed E-state index contributed by atoms with van der Waals surface area (Å²) in [6.07, 6.45) is -1.22. The lowest BCUT2D eigenvalue weighted by atomic mass is 9.90. The smallest absolute Gasteiger partial charge is 0.253 e. The van der Waals surface area contributed by atoms with E-state index in [0.29, 0.717) is 24.2 Å². The van der Waals surface area contributed by atoms with Crippen molar-refractivity contribution in [1.82, 2.24) is 10.2 Å². The fourth-order valence-electron chi connectivity index (χ4n) is 6.37. The molecule has 1 unspecified atom stereocenters. The summed E-state index contributed by atoms with van der Waals surface area (Å²) in [6.45, 7) is 3.78. The van der Waals surface area contributed by atoms with Crippen LogP contribution in [0.4, 0.5) is 0 Å². The number of nitrogens with zero attached hydrogens (tertiary/aromatic N) is 1. The SMILES string of the molecule is CC1(C)SC(CCc2ccccc2)N(C(=O)[C@@H](O)C[C@@H](Cc2ccccc2)C(=O)N[C@H]2c3ccccc3OC[C@H]2O)[C@@H]1C(N)=O. The van der Waals surface area contributed by atoms with Crippen LogP contribution in [0.1, 0.15) is 49.4 Å². The van der Waals surface area contributed by atoms with Gasteiger partial charge < -0.3 is 30.9 Å². The molecule has 0 aromatic heterocycles. The van der Waals surface area contributed by atoms with Gasteiger partial charge in [-0.05, 0) is 56.7 Å². The van der Waals surface area contributed by atoms with Crippen molar-refractivity contribution in [2.45, 2.75) is 73.9 Å². The van der Waals surface area contributed by atoms with E-state index in [1.807, 2.05) is 86.6 Å². The Labute approximate surface area is 268 Å². The van der Waals surface area contributed by atoms with Crippen LogP contribution in [0, 0.1) is 5.92 Å². The first kappa shape index (κ1) is 32.5. The number of benzene rings is 3. The van der Waals surface area contributed by atoms with E-state index in [1.165, 1.54) is 16.7 Å². The molecule has 10 heteroatoms. The number of fused-ring (bicyclic) bond motifs is 1. The quantitative estimate of drug-likeness (QED) is 0.254. The summed E-state index contributed by atoms with van der Waals surface area (Å²) in [5, 5.41) is 24.8. The van der Waals surface area contributed by atoms with Gasteiger partial charge in [-0.2, -0.15) is 0 Å². The van der Waals surface area contributed by atoms with Crippen molar-refractivity contribution >= 4 is 29.5 Å². The summed E-state index contributed by atoms with van der Waals surface area (Å²) in [6, 6.07) is 24.8. The Morgan fingerprint density at radius 1 is 1.00 bits per heavy atom. The van der Waals surface area contributed by atoms with Crippen molar-refractivity contribution in [3.8, 4) is 5.75 Å². The lowest BCUT2D eigenvalue weighted by molar-refractivity contribution is -0.148. The Hall–Kier alpha value is -3.86. The second-order valence-electron chi connectivity index (χ2n) is 12.3. The van der Waals surface area contributed by atoms with Gasteiger partial charge in [0.05, 0.1) is 11.4 Å². The zero-order chi connectivity index (χ0) is 32.1. The van der Waals surface area contributed by atoms with E-state index >= 15 is 0 Å². The van der Waals surface area contributed by atoms with Gasteiger partial charge in [0.1, 0.15) is 30.6 Å². The van der Waals surface area contributed by atoms with Gasteiger partial charge in [0, 0.05) is 16.2 Å². The van der Waals surface area contributed by atoms with Crippen molar-refractivity contribution in [3.05, 3.63) is 102 Å². The maximum absolute atomic E-state index is 14.1. The number of hydrogen-bond acceptors (Lipinski definition) is 7. The summed E-state index contributed by atoms with van der Waals surface area (Å²) in [7, 11) is 0. The predicted molar refractivity (Wildman–Crippen MR) is 173 cm³/mol. The third-order valence-corrected chi connectivity index (χ3v) is 10.1. The molecule has 1 saturated heterocycles. The van der Waals surface area contributed by atoms with Crippen molar-refractivity contribution in [1.29, 1.82) is 0 Å². The fraction of sp³-hybridized carbons (Fsp3) is 0.400. The first-order valence-corrected chi connectivity index (χ1v) is 16.2. The average Bonchev–Trinajstić information content (AvgIpc) is 3.31. The van der Waals surface area contributed by atoms with E-state index < -0.39 is 58.1 Å². The molecule has 2 aliphatic heterocycles. The van der Waals surface area contributed by atoms with Crippen LogP contribution in [0.2, 0.25) is 0 Å². The van der Waals surface area contributed by atoms with Crippen molar-refractivity contribution in [2.24, 2.45) is 11.7 Å². The number of aryl methyl sites for hydroxylation is 1. The monoisotopic (exact) mass is 631 g/mol. The van der Waals surface area contributed by atoms with Gasteiger partial charge in [-0.25, -0.2) is 0 Å². The molecule has 5 rings (SSSR count). The second kappa shape index (κ2) is 14.1. The van der Waals surface area contributed by atoms with Gasteiger partial charge >= 0.3 is 0 Å². The van der Waals surface area contributed by atoms with E-state index in [9.17, 15) is 24.6 Å². The number of rotatable bonds is 11. The van der Waals surface area contributed by atoms with E-state index in [1.54, 1.807) is 12.1 Å². The highest BCUT2D eigenvalue weighted by Crippen LogP contribution is 2.46. The fourth-order valence-corrected chi connectivity index (χ4v) is 8.01. The van der Waals surface area contributed by atoms with Gasteiger partial charge in [-0.1, -0.05) is 78.9 Å². The number of hydrogen-bond donors (Lipinski definition) is 4. The van der Waals surface area contributed by atoms with Gasteiger partial charge in [0.25, 0.3) is 5.91 Å². The van der Waals surface area contributed by atoms with Gasteiger partial charge in [-0.3, -0.25) is 14.4 Å². The molecule has 5 N–H and O–H groups in total. The molecule has 2 aliphatic rings. The molecule has 0 spiro atoms. The van der Waals surface area contributed by atoms with Gasteiger partial charge in [-0.15, -0.1) is 11.8 Å². The van der Waals surface area contributed by atoms with E-state index in [4.69, 9.17) is 10.5 Å². The number of primary amides is 1. The third-order valence-electron chi connectivity index (χ3n) is 8.57. The highest BCUT2D eigenvalue weighted by atomic mass is 32.2. The number of para-hydroxylation sites is 1. The minimum atomic E-state index is -1.56. The second-order valence-corrected chi connectivity index (χ2v) is 14.1. The lowest BCUT2D eigenvalue weighted by Crippen LogP contribution is -2.56. The Bertz CT molecular complexity index is 1490. The molecule has 3 amide bonds. The number of nitrogens with one attached hydrogen (secondary N) is 1.